The molecule has 0 bridgehead atoms. The van der Waals surface area contributed by atoms with Crippen molar-refractivity contribution in [2.45, 2.75) is 15.6 Å². The smallest absolute Gasteiger partial charge is 0.125 e. The maximum atomic E-state index is 8.42. The second-order valence-corrected chi connectivity index (χ2v) is 3.71. The lowest BCUT2D eigenvalue weighted by Gasteiger charge is -2.13. The number of rotatable bonds is 3. The molecule has 56 valence electrons. The van der Waals surface area contributed by atoms with Crippen molar-refractivity contribution < 1.29 is 5.11 Å². The van der Waals surface area contributed by atoms with Crippen molar-refractivity contribution >= 4 is 46.4 Å². The summed E-state index contributed by atoms with van der Waals surface area (Å²) in [6, 6.07) is 0. The van der Waals surface area contributed by atoms with E-state index in [2.05, 4.69) is 0 Å². The molecule has 0 aromatic carbocycles. The van der Waals surface area contributed by atoms with Crippen LogP contribution in [-0.4, -0.2) is 27.3 Å². The number of halogens is 4. The van der Waals surface area contributed by atoms with Crippen LogP contribution in [-0.2, 0) is 0 Å². The van der Waals surface area contributed by atoms with E-state index in [0.717, 1.165) is 0 Å². The summed E-state index contributed by atoms with van der Waals surface area (Å²) in [6.45, 7) is -0.217. The summed E-state index contributed by atoms with van der Waals surface area (Å²) in [5.74, 6) is 0. The molecule has 0 amide bonds. The van der Waals surface area contributed by atoms with E-state index in [1.54, 1.807) is 0 Å². The largest absolute Gasteiger partial charge is 0.395 e. The maximum absolute atomic E-state index is 8.42. The van der Waals surface area contributed by atoms with Crippen LogP contribution >= 0.6 is 46.4 Å². The van der Waals surface area contributed by atoms with E-state index in [0.29, 0.717) is 0 Å². The Morgan fingerprint density at radius 2 is 1.56 bits per heavy atom. The van der Waals surface area contributed by atoms with Crippen LogP contribution in [0.25, 0.3) is 0 Å². The second-order valence-electron chi connectivity index (χ2n) is 1.48. The second kappa shape index (κ2) is 4.86. The fourth-order valence-electron chi connectivity index (χ4n) is 0.259. The third kappa shape index (κ3) is 3.74. The molecule has 0 aromatic heterocycles. The molecule has 0 saturated carbocycles. The summed E-state index contributed by atoms with van der Waals surface area (Å²) in [7, 11) is 0. The third-order valence-electron chi connectivity index (χ3n) is 0.761. The molecule has 0 aliphatic heterocycles. The Morgan fingerprint density at radius 3 is 1.67 bits per heavy atom. The molecule has 1 N–H and O–H groups in total. The van der Waals surface area contributed by atoms with E-state index < -0.39 is 15.6 Å². The maximum Gasteiger partial charge on any atom is 0.125 e. The summed E-state index contributed by atoms with van der Waals surface area (Å²) in [4.78, 5) is -0.735. The summed E-state index contributed by atoms with van der Waals surface area (Å²) >= 11 is 21.6. The van der Waals surface area contributed by atoms with Gasteiger partial charge in [-0.2, -0.15) is 0 Å². The van der Waals surface area contributed by atoms with Gasteiger partial charge in [0.1, 0.15) is 4.84 Å². The molecule has 0 radical (unpaired) electrons. The van der Waals surface area contributed by atoms with Gasteiger partial charge in [0.15, 0.2) is 0 Å². The molecule has 5 heteroatoms. The van der Waals surface area contributed by atoms with Gasteiger partial charge in [-0.1, -0.05) is 0 Å². The molecular formula is C4H6Cl4O. The van der Waals surface area contributed by atoms with E-state index in [4.69, 9.17) is 51.5 Å². The average molecular weight is 212 g/mol. The lowest BCUT2D eigenvalue weighted by molar-refractivity contribution is 0.291. The van der Waals surface area contributed by atoms with Crippen LogP contribution in [0.1, 0.15) is 0 Å². The molecule has 0 saturated heterocycles. The first-order chi connectivity index (χ1) is 4.09. The van der Waals surface area contributed by atoms with Crippen molar-refractivity contribution in [3.63, 3.8) is 0 Å². The zero-order chi connectivity index (χ0) is 7.44. The highest BCUT2D eigenvalue weighted by molar-refractivity contribution is 6.49. The summed E-state index contributed by atoms with van der Waals surface area (Å²) in [5.41, 5.74) is 0. The van der Waals surface area contributed by atoms with Crippen LogP contribution in [0.4, 0.5) is 0 Å². The minimum Gasteiger partial charge on any atom is -0.395 e. The minimum atomic E-state index is -0.735. The van der Waals surface area contributed by atoms with Crippen LogP contribution in [0, 0.1) is 0 Å². The van der Waals surface area contributed by atoms with Gasteiger partial charge in [-0.05, 0) is 0 Å². The van der Waals surface area contributed by atoms with E-state index in [-0.39, 0.29) is 6.61 Å². The van der Waals surface area contributed by atoms with Crippen molar-refractivity contribution in [1.29, 1.82) is 0 Å². The van der Waals surface area contributed by atoms with Crippen LogP contribution in [0.2, 0.25) is 0 Å². The quantitative estimate of drug-likeness (QED) is 0.709. The molecule has 2 atom stereocenters. The van der Waals surface area contributed by atoms with Crippen molar-refractivity contribution in [2.75, 3.05) is 6.61 Å². The molecule has 2 unspecified atom stereocenters. The molecule has 0 heterocycles. The van der Waals surface area contributed by atoms with Gasteiger partial charge in [-0.25, -0.2) is 0 Å². The van der Waals surface area contributed by atoms with E-state index in [1.807, 2.05) is 0 Å². The highest BCUT2D eigenvalue weighted by Crippen LogP contribution is 2.20. The van der Waals surface area contributed by atoms with Crippen molar-refractivity contribution in [1.82, 2.24) is 0 Å². The Kier molecular flexibility index (Phi) is 5.47. The highest BCUT2D eigenvalue weighted by atomic mass is 35.5. The molecular weight excluding hydrogens is 206 g/mol. The van der Waals surface area contributed by atoms with E-state index in [1.165, 1.54) is 0 Å². The number of hydrogen-bond acceptors (Lipinski definition) is 1. The Balaban J connectivity index is 3.58. The normalized spacial score (nSPS) is 18.0. The Labute approximate surface area is 73.8 Å². The third-order valence-corrected chi connectivity index (χ3v) is 2.66. The number of hydrogen-bond donors (Lipinski definition) is 1. The van der Waals surface area contributed by atoms with E-state index >= 15 is 0 Å². The van der Waals surface area contributed by atoms with Crippen LogP contribution < -0.4 is 0 Å². The van der Waals surface area contributed by atoms with Gasteiger partial charge < -0.3 is 5.11 Å². The first-order valence-electron chi connectivity index (χ1n) is 2.26. The molecule has 1 nitrogen and oxygen atoms in total. The summed E-state index contributed by atoms with van der Waals surface area (Å²) in [5, 5.41) is 7.25. The van der Waals surface area contributed by atoms with Crippen LogP contribution in [0.5, 0.6) is 0 Å². The van der Waals surface area contributed by atoms with Crippen molar-refractivity contribution in [3.8, 4) is 0 Å². The Morgan fingerprint density at radius 1 is 1.11 bits per heavy atom. The fraction of sp³-hybridized carbons (Fsp3) is 1.00. The number of aliphatic hydroxyl groups excluding tert-OH is 1. The molecule has 0 fully saturated rings. The van der Waals surface area contributed by atoms with Crippen LogP contribution in [0.15, 0.2) is 0 Å². The molecule has 9 heavy (non-hydrogen) atoms. The molecule has 0 spiro atoms. The standard InChI is InChI=1S/C4H6Cl4O/c5-2(1-9)3(6)4(7)8/h2-4,9H,1H2. The van der Waals surface area contributed by atoms with Gasteiger partial charge >= 0.3 is 0 Å². The number of aliphatic hydroxyl groups is 1. The summed E-state index contributed by atoms with van der Waals surface area (Å²) < 4.78 is 0. The van der Waals surface area contributed by atoms with Crippen LogP contribution in [0.3, 0.4) is 0 Å². The predicted octanol–water partition coefficient (Wildman–Crippen LogP) is 2.00. The van der Waals surface area contributed by atoms with Crippen molar-refractivity contribution in [2.24, 2.45) is 0 Å². The molecule has 0 aliphatic rings. The van der Waals surface area contributed by atoms with Gasteiger partial charge in [0.2, 0.25) is 0 Å². The number of alkyl halides is 4. The molecule has 0 aromatic rings. The van der Waals surface area contributed by atoms with Gasteiger partial charge in [-0.3, -0.25) is 0 Å². The first-order valence-corrected chi connectivity index (χ1v) is 4.01. The molecule has 0 aliphatic carbocycles. The lowest BCUT2D eigenvalue weighted by atomic mass is 10.3. The fourth-order valence-corrected chi connectivity index (χ4v) is 0.984. The monoisotopic (exact) mass is 210 g/mol. The average Bonchev–Trinajstić information content (AvgIpc) is 1.84. The van der Waals surface area contributed by atoms with E-state index in [9.17, 15) is 0 Å². The van der Waals surface area contributed by atoms with Crippen molar-refractivity contribution in [3.05, 3.63) is 0 Å². The van der Waals surface area contributed by atoms with Gasteiger partial charge in [0.05, 0.1) is 17.4 Å². The topological polar surface area (TPSA) is 20.2 Å². The zero-order valence-corrected chi connectivity index (χ0v) is 7.42. The molecule has 0 rings (SSSR count). The van der Waals surface area contributed by atoms with Gasteiger partial charge in [0, 0.05) is 0 Å². The first kappa shape index (κ1) is 10.1. The Bertz CT molecular complexity index is 77.0. The van der Waals surface area contributed by atoms with Gasteiger partial charge in [0.25, 0.3) is 0 Å². The predicted molar refractivity (Wildman–Crippen MR) is 41.9 cm³/mol. The summed E-state index contributed by atoms with van der Waals surface area (Å²) in [6.07, 6.45) is 0. The lowest BCUT2D eigenvalue weighted by Crippen LogP contribution is -2.24. The minimum absolute atomic E-state index is 0.217. The highest BCUT2D eigenvalue weighted by Gasteiger charge is 2.21. The SMILES string of the molecule is OCC(Cl)C(Cl)C(Cl)Cl. The Hall–Kier alpha value is 1.12. The zero-order valence-electron chi connectivity index (χ0n) is 4.40. The van der Waals surface area contributed by atoms with Gasteiger partial charge in [-0.15, -0.1) is 46.4 Å².